The lowest BCUT2D eigenvalue weighted by Gasteiger charge is -2.09. The quantitative estimate of drug-likeness (QED) is 0.489. The predicted octanol–water partition coefficient (Wildman–Crippen LogP) is 2.98. The van der Waals surface area contributed by atoms with Crippen LogP contribution in [-0.4, -0.2) is 21.5 Å². The number of benzene rings is 1. The molecular weight excluding hydrogens is 343 g/mol. The number of nitrogens with one attached hydrogen (secondary N) is 1. The molecule has 0 radical (unpaired) electrons. The van der Waals surface area contributed by atoms with Crippen LogP contribution in [0.4, 0.5) is 21.8 Å². The number of hydrogen-bond donors (Lipinski definition) is 3. The molecule has 6 nitrogen and oxygen atoms in total. The third-order valence-electron chi connectivity index (χ3n) is 3.81. The van der Waals surface area contributed by atoms with Gasteiger partial charge >= 0.3 is 0 Å². The van der Waals surface area contributed by atoms with E-state index in [1.54, 1.807) is 13.1 Å². The molecule has 5 N–H and O–H groups in total. The molecule has 0 fully saturated rings. The smallest absolute Gasteiger partial charge is 0.220 e. The van der Waals surface area contributed by atoms with Crippen LogP contribution >= 0.6 is 0 Å². The molecule has 1 aromatic carbocycles. The molecule has 0 aliphatic heterocycles. The lowest BCUT2D eigenvalue weighted by Crippen LogP contribution is -2.04. The molecule has 0 unspecified atom stereocenters. The van der Waals surface area contributed by atoms with Gasteiger partial charge in [0.2, 0.25) is 5.95 Å². The SMILES string of the molecule is CCNc1ccc(C#Cc2c(C)nc(N)nc2-c2cc(N)ccc2F)cn1. The van der Waals surface area contributed by atoms with Crippen molar-refractivity contribution in [2.45, 2.75) is 13.8 Å². The second-order valence-corrected chi connectivity index (χ2v) is 5.84. The van der Waals surface area contributed by atoms with E-state index in [0.717, 1.165) is 12.4 Å². The molecular formula is C20H19FN6. The first-order valence-electron chi connectivity index (χ1n) is 8.39. The van der Waals surface area contributed by atoms with Gasteiger partial charge in [0, 0.05) is 29.6 Å². The lowest BCUT2D eigenvalue weighted by atomic mass is 10.0. The first kappa shape index (κ1) is 18.1. The Hall–Kier alpha value is -3.66. The summed E-state index contributed by atoms with van der Waals surface area (Å²) in [6.07, 6.45) is 1.67. The predicted molar refractivity (Wildman–Crippen MR) is 105 cm³/mol. The van der Waals surface area contributed by atoms with Gasteiger partial charge in [-0.05, 0) is 44.2 Å². The maximum atomic E-state index is 14.4. The summed E-state index contributed by atoms with van der Waals surface area (Å²) in [5, 5.41) is 3.12. The zero-order chi connectivity index (χ0) is 19.4. The van der Waals surface area contributed by atoms with Crippen LogP contribution in [-0.2, 0) is 0 Å². The maximum absolute atomic E-state index is 14.4. The van der Waals surface area contributed by atoms with Gasteiger partial charge in [0.15, 0.2) is 0 Å². The van der Waals surface area contributed by atoms with Crippen molar-refractivity contribution in [3.8, 4) is 23.1 Å². The van der Waals surface area contributed by atoms with Crippen molar-refractivity contribution in [1.82, 2.24) is 15.0 Å². The third kappa shape index (κ3) is 4.12. The molecule has 7 heteroatoms. The van der Waals surface area contributed by atoms with Crippen molar-refractivity contribution in [3.63, 3.8) is 0 Å². The normalized spacial score (nSPS) is 10.2. The van der Waals surface area contributed by atoms with Crippen LogP contribution in [0.5, 0.6) is 0 Å². The van der Waals surface area contributed by atoms with Crippen LogP contribution < -0.4 is 16.8 Å². The fourth-order valence-corrected chi connectivity index (χ4v) is 2.55. The molecule has 0 saturated carbocycles. The summed E-state index contributed by atoms with van der Waals surface area (Å²) in [6.45, 7) is 4.54. The Balaban J connectivity index is 2.07. The Morgan fingerprint density at radius 2 is 1.93 bits per heavy atom. The van der Waals surface area contributed by atoms with E-state index >= 15 is 0 Å². The van der Waals surface area contributed by atoms with Gasteiger partial charge in [-0.2, -0.15) is 0 Å². The molecule has 0 aliphatic rings. The molecule has 0 spiro atoms. The molecule has 0 aliphatic carbocycles. The molecule has 3 aromatic rings. The van der Waals surface area contributed by atoms with Gasteiger partial charge in [0.25, 0.3) is 0 Å². The molecule has 0 saturated heterocycles. The number of aromatic nitrogens is 3. The average molecular weight is 362 g/mol. The topological polar surface area (TPSA) is 103 Å². The van der Waals surface area contributed by atoms with Crippen molar-refractivity contribution in [2.75, 3.05) is 23.3 Å². The number of rotatable bonds is 3. The fraction of sp³-hybridized carbons (Fsp3) is 0.150. The summed E-state index contributed by atoms with van der Waals surface area (Å²) in [4.78, 5) is 12.6. The van der Waals surface area contributed by atoms with Crippen LogP contribution in [0, 0.1) is 24.6 Å². The zero-order valence-corrected chi connectivity index (χ0v) is 15.0. The van der Waals surface area contributed by atoms with Crippen molar-refractivity contribution in [1.29, 1.82) is 0 Å². The Morgan fingerprint density at radius 3 is 2.63 bits per heavy atom. The lowest BCUT2D eigenvalue weighted by molar-refractivity contribution is 0.631. The van der Waals surface area contributed by atoms with E-state index in [2.05, 4.69) is 32.1 Å². The third-order valence-corrected chi connectivity index (χ3v) is 3.81. The molecule has 0 atom stereocenters. The second-order valence-electron chi connectivity index (χ2n) is 5.84. The Labute approximate surface area is 156 Å². The van der Waals surface area contributed by atoms with E-state index in [9.17, 15) is 4.39 Å². The minimum absolute atomic E-state index is 0.0477. The standard InChI is InChI=1S/C20H19FN6/c1-3-24-18-9-5-13(11-25-18)4-7-15-12(2)26-20(23)27-19(15)16-10-14(22)6-8-17(16)21/h5-6,8-11H,3,22H2,1-2H3,(H,24,25)(H2,23,26,27). The van der Waals surface area contributed by atoms with E-state index in [4.69, 9.17) is 11.5 Å². The molecule has 3 rings (SSSR count). The first-order valence-corrected chi connectivity index (χ1v) is 8.39. The highest BCUT2D eigenvalue weighted by Crippen LogP contribution is 2.28. The van der Waals surface area contributed by atoms with E-state index in [1.807, 2.05) is 19.1 Å². The Kier molecular flexibility index (Phi) is 5.18. The molecule has 0 bridgehead atoms. The van der Waals surface area contributed by atoms with Crippen LogP contribution in [0.25, 0.3) is 11.3 Å². The number of nitrogens with two attached hydrogens (primary N) is 2. The summed E-state index contributed by atoms with van der Waals surface area (Å²) < 4.78 is 14.4. The monoisotopic (exact) mass is 362 g/mol. The summed E-state index contributed by atoms with van der Waals surface area (Å²) in [7, 11) is 0. The van der Waals surface area contributed by atoms with Crippen LogP contribution in [0.15, 0.2) is 36.5 Å². The van der Waals surface area contributed by atoms with Gasteiger partial charge in [-0.25, -0.2) is 19.3 Å². The molecule has 27 heavy (non-hydrogen) atoms. The van der Waals surface area contributed by atoms with Crippen LogP contribution in [0.3, 0.4) is 0 Å². The number of anilines is 3. The van der Waals surface area contributed by atoms with Gasteiger partial charge in [-0.15, -0.1) is 0 Å². The van der Waals surface area contributed by atoms with Crippen LogP contribution in [0.2, 0.25) is 0 Å². The summed E-state index contributed by atoms with van der Waals surface area (Å²) >= 11 is 0. The van der Waals surface area contributed by atoms with E-state index < -0.39 is 5.82 Å². The molecule has 2 heterocycles. The minimum atomic E-state index is -0.457. The number of nitrogens with zero attached hydrogens (tertiary/aromatic N) is 3. The maximum Gasteiger partial charge on any atom is 0.220 e. The second kappa shape index (κ2) is 7.70. The zero-order valence-electron chi connectivity index (χ0n) is 15.0. The number of aryl methyl sites for hydroxylation is 1. The highest BCUT2D eigenvalue weighted by molar-refractivity contribution is 5.72. The van der Waals surface area contributed by atoms with Crippen molar-refractivity contribution in [3.05, 3.63) is 59.2 Å². The number of halogens is 1. The highest BCUT2D eigenvalue weighted by Gasteiger charge is 2.15. The van der Waals surface area contributed by atoms with Gasteiger partial charge in [-0.3, -0.25) is 0 Å². The van der Waals surface area contributed by atoms with E-state index in [0.29, 0.717) is 28.2 Å². The van der Waals surface area contributed by atoms with E-state index in [1.165, 1.54) is 18.2 Å². The summed E-state index contributed by atoms with van der Waals surface area (Å²) in [5.74, 6) is 6.41. The highest BCUT2D eigenvalue weighted by atomic mass is 19.1. The van der Waals surface area contributed by atoms with Gasteiger partial charge < -0.3 is 16.8 Å². The number of hydrogen-bond acceptors (Lipinski definition) is 6. The van der Waals surface area contributed by atoms with E-state index in [-0.39, 0.29) is 11.5 Å². The fourth-order valence-electron chi connectivity index (χ4n) is 2.55. The number of nitrogen functional groups attached to an aromatic ring is 2. The molecule has 136 valence electrons. The summed E-state index contributed by atoms with van der Waals surface area (Å²) in [6, 6.07) is 7.98. The Morgan fingerprint density at radius 1 is 1.11 bits per heavy atom. The van der Waals surface area contributed by atoms with Gasteiger partial charge in [-0.1, -0.05) is 11.8 Å². The van der Waals surface area contributed by atoms with Gasteiger partial charge in [0.05, 0.1) is 17.0 Å². The number of pyridine rings is 1. The van der Waals surface area contributed by atoms with Gasteiger partial charge in [0.1, 0.15) is 11.6 Å². The van der Waals surface area contributed by atoms with Crippen molar-refractivity contribution in [2.24, 2.45) is 0 Å². The Bertz CT molecular complexity index is 1030. The first-order chi connectivity index (χ1) is 13.0. The van der Waals surface area contributed by atoms with Crippen molar-refractivity contribution < 1.29 is 4.39 Å². The minimum Gasteiger partial charge on any atom is -0.399 e. The summed E-state index contributed by atoms with van der Waals surface area (Å²) in [5.41, 5.74) is 14.3. The largest absolute Gasteiger partial charge is 0.399 e. The average Bonchev–Trinajstić information content (AvgIpc) is 2.64. The van der Waals surface area contributed by atoms with Crippen LogP contribution in [0.1, 0.15) is 23.7 Å². The van der Waals surface area contributed by atoms with Crippen molar-refractivity contribution >= 4 is 17.5 Å². The molecule has 0 amide bonds. The molecule has 2 aromatic heterocycles.